The molecule has 0 aromatic heterocycles. The first kappa shape index (κ1) is 21.3. The highest BCUT2D eigenvalue weighted by molar-refractivity contribution is 5.64. The van der Waals surface area contributed by atoms with E-state index in [1.807, 2.05) is 26.0 Å². The molecule has 1 saturated heterocycles. The van der Waals surface area contributed by atoms with Crippen molar-refractivity contribution in [2.75, 3.05) is 31.6 Å². The smallest absolute Gasteiger partial charge is 0.0546 e. The molecule has 1 aromatic carbocycles. The number of nitrogens with zero attached hydrogens (tertiary/aromatic N) is 2. The average molecular weight is 366 g/mol. The zero-order chi connectivity index (χ0) is 19.8. The Kier molecular flexibility index (Phi) is 8.13. The zero-order valence-electron chi connectivity index (χ0n) is 17.4. The fraction of sp³-hybridized carbons (Fsp3) is 0.542. The van der Waals surface area contributed by atoms with Crippen LogP contribution < -0.4 is 4.90 Å². The summed E-state index contributed by atoms with van der Waals surface area (Å²) >= 11 is 0. The molecule has 3 rings (SSSR count). The van der Waals surface area contributed by atoms with E-state index in [0.29, 0.717) is 12.0 Å². The Bertz CT molecular complexity index is 681. The molecule has 2 aliphatic heterocycles. The van der Waals surface area contributed by atoms with Crippen LogP contribution in [0, 0.1) is 30.6 Å². The molecule has 3 heteroatoms. The summed E-state index contributed by atoms with van der Waals surface area (Å²) in [5, 5.41) is 7.31. The maximum atomic E-state index is 7.31. The third kappa shape index (κ3) is 5.23. The molecule has 27 heavy (non-hydrogen) atoms. The number of allylic oxidation sites excluding steroid dienone is 2. The number of likely N-dealkylation sites (N-methyl/N-ethyl adjacent to an activating group) is 1. The summed E-state index contributed by atoms with van der Waals surface area (Å²) < 4.78 is 0. The second-order valence-electron chi connectivity index (χ2n) is 7.75. The monoisotopic (exact) mass is 365 g/mol. The Morgan fingerprint density at radius 1 is 1.26 bits per heavy atom. The molecule has 2 heterocycles. The van der Waals surface area contributed by atoms with Gasteiger partial charge in [0.2, 0.25) is 0 Å². The summed E-state index contributed by atoms with van der Waals surface area (Å²) in [5.74, 6) is 3.35. The van der Waals surface area contributed by atoms with Crippen LogP contribution in [-0.2, 0) is 0 Å². The number of terminal acetylenes is 1. The van der Waals surface area contributed by atoms with Crippen LogP contribution >= 0.6 is 0 Å². The van der Waals surface area contributed by atoms with E-state index in [4.69, 9.17) is 11.8 Å². The lowest BCUT2D eigenvalue weighted by Crippen LogP contribution is -2.36. The number of fused-ring (bicyclic) bond motifs is 3. The Labute approximate surface area is 166 Å². The van der Waals surface area contributed by atoms with Crippen molar-refractivity contribution in [1.29, 1.82) is 5.41 Å². The van der Waals surface area contributed by atoms with Gasteiger partial charge in [-0.2, -0.15) is 0 Å². The number of aryl methyl sites for hydroxylation is 1. The van der Waals surface area contributed by atoms with Crippen LogP contribution in [0.5, 0.6) is 0 Å². The molecule has 0 aliphatic carbocycles. The van der Waals surface area contributed by atoms with E-state index < -0.39 is 0 Å². The lowest BCUT2D eigenvalue weighted by Gasteiger charge is -2.27. The van der Waals surface area contributed by atoms with Gasteiger partial charge in [-0.3, -0.25) is 0 Å². The topological polar surface area (TPSA) is 30.3 Å². The van der Waals surface area contributed by atoms with Gasteiger partial charge in [-0.25, -0.2) is 0 Å². The molecule has 0 amide bonds. The largest absolute Gasteiger partial charge is 0.366 e. The lowest BCUT2D eigenvalue weighted by atomic mass is 9.97. The predicted molar refractivity (Wildman–Crippen MR) is 118 cm³/mol. The quantitative estimate of drug-likeness (QED) is 0.338. The molecular formula is C24H35N3. The van der Waals surface area contributed by atoms with Gasteiger partial charge in [0.1, 0.15) is 0 Å². The highest BCUT2D eigenvalue weighted by Crippen LogP contribution is 2.44. The van der Waals surface area contributed by atoms with Crippen molar-refractivity contribution in [3.8, 4) is 12.3 Å². The molecule has 2 aliphatic rings. The third-order valence-electron chi connectivity index (χ3n) is 5.68. The average Bonchev–Trinajstić information content (AvgIpc) is 3.18. The third-order valence-corrected chi connectivity index (χ3v) is 5.68. The summed E-state index contributed by atoms with van der Waals surface area (Å²) in [4.78, 5) is 5.08. The first-order valence-electron chi connectivity index (χ1n) is 10.1. The maximum absolute atomic E-state index is 7.31. The van der Waals surface area contributed by atoms with Crippen LogP contribution in [0.15, 0.2) is 30.4 Å². The van der Waals surface area contributed by atoms with E-state index in [0.717, 1.165) is 32.4 Å². The van der Waals surface area contributed by atoms with E-state index in [-0.39, 0.29) is 5.92 Å². The van der Waals surface area contributed by atoms with Crippen molar-refractivity contribution in [2.45, 2.75) is 52.0 Å². The molecule has 0 bridgehead atoms. The van der Waals surface area contributed by atoms with Crippen LogP contribution in [0.25, 0.3) is 0 Å². The molecule has 0 radical (unpaired) electrons. The van der Waals surface area contributed by atoms with Gasteiger partial charge in [0.15, 0.2) is 0 Å². The number of hydrogen-bond acceptors (Lipinski definition) is 3. The summed E-state index contributed by atoms with van der Waals surface area (Å²) in [6.07, 6.45) is 14.0. The van der Waals surface area contributed by atoms with E-state index in [1.165, 1.54) is 24.0 Å². The van der Waals surface area contributed by atoms with Crippen LogP contribution in [0.4, 0.5) is 5.69 Å². The number of rotatable bonds is 6. The number of anilines is 1. The van der Waals surface area contributed by atoms with Crippen LogP contribution in [0.1, 0.15) is 50.2 Å². The Morgan fingerprint density at radius 2 is 2.00 bits per heavy atom. The molecule has 3 unspecified atom stereocenters. The van der Waals surface area contributed by atoms with Gasteiger partial charge in [0, 0.05) is 43.5 Å². The molecular weight excluding hydrogens is 330 g/mol. The van der Waals surface area contributed by atoms with Crippen molar-refractivity contribution in [3.05, 3.63) is 41.5 Å². The number of likely N-dealkylation sites (tertiary alicyclic amines) is 1. The second kappa shape index (κ2) is 10.3. The van der Waals surface area contributed by atoms with Crippen molar-refractivity contribution in [3.63, 3.8) is 0 Å². The lowest BCUT2D eigenvalue weighted by molar-refractivity contribution is 0.402. The van der Waals surface area contributed by atoms with Crippen molar-refractivity contribution < 1.29 is 0 Å². The summed E-state index contributed by atoms with van der Waals surface area (Å²) in [6, 6.07) is 7.56. The van der Waals surface area contributed by atoms with Gasteiger partial charge in [-0.05, 0) is 52.3 Å². The van der Waals surface area contributed by atoms with Gasteiger partial charge in [-0.15, -0.1) is 6.42 Å². The van der Waals surface area contributed by atoms with Gasteiger partial charge < -0.3 is 15.2 Å². The second-order valence-corrected chi connectivity index (χ2v) is 7.75. The highest BCUT2D eigenvalue weighted by atomic mass is 15.3. The van der Waals surface area contributed by atoms with E-state index in [9.17, 15) is 0 Å². The molecule has 1 fully saturated rings. The minimum absolute atomic E-state index is 0.00822. The molecule has 146 valence electrons. The van der Waals surface area contributed by atoms with Crippen molar-refractivity contribution >= 4 is 11.9 Å². The number of nitrogens with one attached hydrogen (secondary N) is 1. The predicted octanol–water partition coefficient (Wildman–Crippen LogP) is 4.86. The SMILES string of the molecule is C#CC(C=N)CCCCN1c2ccc(C)cc2C2CN(C)CC21.C/C=C/C. The number of unbranched alkanes of at least 4 members (excludes halogenated alkanes) is 1. The minimum Gasteiger partial charge on any atom is -0.366 e. The van der Waals surface area contributed by atoms with Gasteiger partial charge in [0.25, 0.3) is 0 Å². The molecule has 1 aromatic rings. The maximum Gasteiger partial charge on any atom is 0.0546 e. The van der Waals surface area contributed by atoms with E-state index in [1.54, 1.807) is 5.56 Å². The number of hydrogen-bond donors (Lipinski definition) is 1. The van der Waals surface area contributed by atoms with Crippen LogP contribution in [0.3, 0.4) is 0 Å². The minimum atomic E-state index is 0.00822. The van der Waals surface area contributed by atoms with E-state index >= 15 is 0 Å². The molecule has 1 N–H and O–H groups in total. The first-order valence-corrected chi connectivity index (χ1v) is 10.1. The highest BCUT2D eigenvalue weighted by Gasteiger charge is 2.43. The Hall–Kier alpha value is -2.05. The van der Waals surface area contributed by atoms with Crippen molar-refractivity contribution in [1.82, 2.24) is 4.90 Å². The summed E-state index contributed by atoms with van der Waals surface area (Å²) in [6.45, 7) is 9.62. The Balaban J connectivity index is 0.000000596. The fourth-order valence-corrected chi connectivity index (χ4v) is 4.16. The normalized spacial score (nSPS) is 22.0. The summed E-state index contributed by atoms with van der Waals surface area (Å²) in [5.41, 5.74) is 4.35. The summed E-state index contributed by atoms with van der Waals surface area (Å²) in [7, 11) is 2.23. The molecule has 3 nitrogen and oxygen atoms in total. The zero-order valence-corrected chi connectivity index (χ0v) is 17.4. The Morgan fingerprint density at radius 3 is 2.63 bits per heavy atom. The van der Waals surface area contributed by atoms with Crippen molar-refractivity contribution in [2.24, 2.45) is 5.92 Å². The fourth-order valence-electron chi connectivity index (χ4n) is 4.16. The van der Waals surface area contributed by atoms with Gasteiger partial charge >= 0.3 is 0 Å². The van der Waals surface area contributed by atoms with Crippen LogP contribution in [-0.4, -0.2) is 43.8 Å². The van der Waals surface area contributed by atoms with Crippen LogP contribution in [0.2, 0.25) is 0 Å². The van der Waals surface area contributed by atoms with E-state index in [2.05, 4.69) is 47.9 Å². The van der Waals surface area contributed by atoms with Gasteiger partial charge in [-0.1, -0.05) is 42.2 Å². The van der Waals surface area contributed by atoms with Gasteiger partial charge in [0.05, 0.1) is 5.92 Å². The molecule has 0 spiro atoms. The number of benzene rings is 1. The standard InChI is InChI=1S/C20H27N3.C4H8/c1-4-16(12-21)7-5-6-10-23-19-9-8-15(2)11-17(19)18-13-22(3)14-20(18)23;1-3-4-2/h1,8-9,11-12,16,18,20-21H,5-7,10,13-14H2,2-3H3;3-4H,1-2H3/b;4-3+. The molecule has 0 saturated carbocycles. The molecule has 3 atom stereocenters. The first-order chi connectivity index (χ1) is 13.0.